The maximum absolute atomic E-state index is 11.1. The SMILES string of the molecule is CCOc1ccccc1/C=C(/C(=O)O)C(C)C. The number of carboxylic acid groups (broad SMARTS) is 1. The second kappa shape index (κ2) is 6.09. The predicted molar refractivity (Wildman–Crippen MR) is 68.1 cm³/mol. The van der Waals surface area contributed by atoms with Gasteiger partial charge < -0.3 is 9.84 Å². The first kappa shape index (κ1) is 13.3. The van der Waals surface area contributed by atoms with Crippen molar-refractivity contribution in [1.29, 1.82) is 0 Å². The van der Waals surface area contributed by atoms with Crippen LogP contribution in [0, 0.1) is 5.92 Å². The van der Waals surface area contributed by atoms with E-state index >= 15 is 0 Å². The summed E-state index contributed by atoms with van der Waals surface area (Å²) in [6.07, 6.45) is 1.68. The quantitative estimate of drug-likeness (QED) is 0.796. The maximum atomic E-state index is 11.1. The lowest BCUT2D eigenvalue weighted by Crippen LogP contribution is -2.07. The zero-order chi connectivity index (χ0) is 12.8. The summed E-state index contributed by atoms with van der Waals surface area (Å²) in [4.78, 5) is 11.1. The predicted octanol–water partition coefficient (Wildman–Crippen LogP) is 3.21. The Kier molecular flexibility index (Phi) is 4.76. The molecule has 3 nitrogen and oxygen atoms in total. The third-order valence-corrected chi connectivity index (χ3v) is 2.40. The molecule has 92 valence electrons. The number of para-hydroxylation sites is 1. The smallest absolute Gasteiger partial charge is 0.331 e. The molecule has 0 saturated carbocycles. The van der Waals surface area contributed by atoms with Gasteiger partial charge in [-0.05, 0) is 25.0 Å². The number of hydrogen-bond donors (Lipinski definition) is 1. The Hall–Kier alpha value is -1.77. The molecule has 0 aliphatic rings. The molecule has 0 saturated heterocycles. The summed E-state index contributed by atoms with van der Waals surface area (Å²) in [6.45, 7) is 6.20. The lowest BCUT2D eigenvalue weighted by Gasteiger charge is -2.10. The van der Waals surface area contributed by atoms with Gasteiger partial charge in [0.15, 0.2) is 0 Å². The van der Waals surface area contributed by atoms with Crippen molar-refractivity contribution in [3.8, 4) is 5.75 Å². The van der Waals surface area contributed by atoms with E-state index in [0.29, 0.717) is 12.2 Å². The van der Waals surface area contributed by atoms with Crippen LogP contribution < -0.4 is 4.74 Å². The standard InChI is InChI=1S/C14H18O3/c1-4-17-13-8-6-5-7-11(13)9-12(10(2)3)14(15)16/h5-10H,4H2,1-3H3,(H,15,16)/b12-9+. The van der Waals surface area contributed by atoms with Gasteiger partial charge in [0.25, 0.3) is 0 Å². The number of ether oxygens (including phenoxy) is 1. The second-order valence-electron chi connectivity index (χ2n) is 4.03. The molecule has 0 aliphatic heterocycles. The second-order valence-corrected chi connectivity index (χ2v) is 4.03. The van der Waals surface area contributed by atoms with Crippen molar-refractivity contribution in [2.75, 3.05) is 6.61 Å². The van der Waals surface area contributed by atoms with Gasteiger partial charge in [-0.15, -0.1) is 0 Å². The van der Waals surface area contributed by atoms with E-state index in [0.717, 1.165) is 11.3 Å². The van der Waals surface area contributed by atoms with Crippen LogP contribution in [-0.2, 0) is 4.79 Å². The Morgan fingerprint density at radius 3 is 2.59 bits per heavy atom. The van der Waals surface area contributed by atoms with Gasteiger partial charge in [0, 0.05) is 11.1 Å². The van der Waals surface area contributed by atoms with E-state index in [2.05, 4.69) is 0 Å². The molecule has 1 aromatic carbocycles. The van der Waals surface area contributed by atoms with Crippen LogP contribution in [-0.4, -0.2) is 17.7 Å². The van der Waals surface area contributed by atoms with E-state index in [9.17, 15) is 4.79 Å². The number of hydrogen-bond acceptors (Lipinski definition) is 2. The lowest BCUT2D eigenvalue weighted by atomic mass is 10.00. The summed E-state index contributed by atoms with van der Waals surface area (Å²) in [6, 6.07) is 7.44. The highest BCUT2D eigenvalue weighted by Crippen LogP contribution is 2.23. The van der Waals surface area contributed by atoms with Crippen LogP contribution >= 0.6 is 0 Å². The molecule has 0 aliphatic carbocycles. The number of aliphatic carboxylic acids is 1. The van der Waals surface area contributed by atoms with E-state index in [1.165, 1.54) is 0 Å². The Balaban J connectivity index is 3.14. The highest BCUT2D eigenvalue weighted by atomic mass is 16.5. The summed E-state index contributed by atoms with van der Waals surface area (Å²) < 4.78 is 5.46. The minimum atomic E-state index is -0.883. The third-order valence-electron chi connectivity index (χ3n) is 2.40. The van der Waals surface area contributed by atoms with E-state index in [1.54, 1.807) is 6.08 Å². The Morgan fingerprint density at radius 1 is 1.41 bits per heavy atom. The molecule has 0 bridgehead atoms. The van der Waals surface area contributed by atoms with Gasteiger partial charge in [0.1, 0.15) is 5.75 Å². The fourth-order valence-electron chi connectivity index (χ4n) is 1.53. The molecule has 0 spiro atoms. The molecule has 1 N–H and O–H groups in total. The Bertz CT molecular complexity index is 419. The van der Waals surface area contributed by atoms with Gasteiger partial charge in [-0.2, -0.15) is 0 Å². The summed E-state index contributed by atoms with van der Waals surface area (Å²) in [7, 11) is 0. The number of benzene rings is 1. The minimum Gasteiger partial charge on any atom is -0.493 e. The van der Waals surface area contributed by atoms with Crippen LogP contribution in [0.15, 0.2) is 29.8 Å². The molecule has 0 heterocycles. The molecule has 1 aromatic rings. The topological polar surface area (TPSA) is 46.5 Å². The van der Waals surface area contributed by atoms with Crippen molar-refractivity contribution < 1.29 is 14.6 Å². The molecule has 0 fully saturated rings. The van der Waals surface area contributed by atoms with Crippen molar-refractivity contribution in [2.45, 2.75) is 20.8 Å². The van der Waals surface area contributed by atoms with Gasteiger partial charge in [-0.25, -0.2) is 4.79 Å². The van der Waals surface area contributed by atoms with Gasteiger partial charge >= 0.3 is 5.97 Å². The fourth-order valence-corrected chi connectivity index (χ4v) is 1.53. The lowest BCUT2D eigenvalue weighted by molar-refractivity contribution is -0.133. The fraction of sp³-hybridized carbons (Fsp3) is 0.357. The first-order valence-corrected chi connectivity index (χ1v) is 5.73. The maximum Gasteiger partial charge on any atom is 0.331 e. The van der Waals surface area contributed by atoms with Crippen molar-refractivity contribution >= 4 is 12.0 Å². The molecule has 0 radical (unpaired) electrons. The van der Waals surface area contributed by atoms with Gasteiger partial charge in [-0.1, -0.05) is 32.0 Å². The molecule has 0 aromatic heterocycles. The van der Waals surface area contributed by atoms with Crippen LogP contribution in [0.3, 0.4) is 0 Å². The summed E-state index contributed by atoms with van der Waals surface area (Å²) >= 11 is 0. The molecule has 0 atom stereocenters. The minimum absolute atomic E-state index is 0.0258. The normalized spacial score (nSPS) is 11.6. The average Bonchev–Trinajstić information content (AvgIpc) is 2.27. The summed E-state index contributed by atoms with van der Waals surface area (Å²) in [5.74, 6) is -0.192. The highest BCUT2D eigenvalue weighted by molar-refractivity contribution is 5.93. The van der Waals surface area contributed by atoms with Crippen molar-refractivity contribution in [3.05, 3.63) is 35.4 Å². The molecule has 1 rings (SSSR count). The van der Waals surface area contributed by atoms with Crippen LogP contribution in [0.4, 0.5) is 0 Å². The third kappa shape index (κ3) is 3.63. The van der Waals surface area contributed by atoms with Gasteiger partial charge in [0.2, 0.25) is 0 Å². The molecular weight excluding hydrogens is 216 g/mol. The average molecular weight is 234 g/mol. The molecule has 0 unspecified atom stereocenters. The van der Waals surface area contributed by atoms with E-state index in [1.807, 2.05) is 45.0 Å². The van der Waals surface area contributed by atoms with E-state index < -0.39 is 5.97 Å². The molecule has 0 amide bonds. The van der Waals surface area contributed by atoms with Crippen LogP contribution in [0.25, 0.3) is 6.08 Å². The van der Waals surface area contributed by atoms with Crippen molar-refractivity contribution in [1.82, 2.24) is 0 Å². The van der Waals surface area contributed by atoms with Crippen molar-refractivity contribution in [3.63, 3.8) is 0 Å². The van der Waals surface area contributed by atoms with Crippen LogP contribution in [0.1, 0.15) is 26.3 Å². The Labute approximate surface area is 102 Å². The highest BCUT2D eigenvalue weighted by Gasteiger charge is 2.12. The zero-order valence-corrected chi connectivity index (χ0v) is 10.4. The number of rotatable bonds is 5. The van der Waals surface area contributed by atoms with Crippen LogP contribution in [0.5, 0.6) is 5.75 Å². The first-order valence-electron chi connectivity index (χ1n) is 5.73. The van der Waals surface area contributed by atoms with E-state index in [-0.39, 0.29) is 5.92 Å². The molecule has 3 heteroatoms. The summed E-state index contributed by atoms with van der Waals surface area (Å²) in [5.41, 5.74) is 1.19. The molecule has 17 heavy (non-hydrogen) atoms. The molecular formula is C14H18O3. The monoisotopic (exact) mass is 234 g/mol. The van der Waals surface area contributed by atoms with Crippen molar-refractivity contribution in [2.24, 2.45) is 5.92 Å². The number of carboxylic acids is 1. The van der Waals surface area contributed by atoms with Gasteiger partial charge in [0.05, 0.1) is 6.61 Å². The Morgan fingerprint density at radius 2 is 2.06 bits per heavy atom. The zero-order valence-electron chi connectivity index (χ0n) is 10.4. The van der Waals surface area contributed by atoms with E-state index in [4.69, 9.17) is 9.84 Å². The van der Waals surface area contributed by atoms with Crippen LogP contribution in [0.2, 0.25) is 0 Å². The largest absolute Gasteiger partial charge is 0.493 e. The first-order chi connectivity index (χ1) is 8.06. The number of carbonyl (C=O) groups is 1. The summed E-state index contributed by atoms with van der Waals surface area (Å²) in [5, 5.41) is 9.12. The van der Waals surface area contributed by atoms with Gasteiger partial charge in [-0.3, -0.25) is 0 Å².